The van der Waals surface area contributed by atoms with Gasteiger partial charge in [-0.05, 0) is 19.4 Å². The maximum absolute atomic E-state index is 11.5. The Kier molecular flexibility index (Phi) is 7.63. The number of benzene rings is 1. The molecule has 2 atom stereocenters. The molecule has 0 aliphatic heterocycles. The number of nitrogens with zero attached hydrogens (tertiary/aromatic N) is 1. The monoisotopic (exact) mass is 363 g/mol. The zero-order valence-corrected chi connectivity index (χ0v) is 14.7. The smallest absolute Gasteiger partial charge is 0.412 e. The first-order valence-electron chi connectivity index (χ1n) is 7.91. The molecule has 0 fully saturated rings. The highest BCUT2D eigenvalue weighted by Gasteiger charge is 2.18. The van der Waals surface area contributed by atoms with Crippen LogP contribution in [0.5, 0.6) is 0 Å². The van der Waals surface area contributed by atoms with Crippen LogP contribution in [0.2, 0.25) is 0 Å². The number of aliphatic hydroxyl groups is 1. The topological polar surface area (TPSA) is 167 Å². The highest BCUT2D eigenvalue weighted by molar-refractivity contribution is 5.87. The van der Waals surface area contributed by atoms with Gasteiger partial charge in [0.1, 0.15) is 5.82 Å². The van der Waals surface area contributed by atoms with Crippen LogP contribution in [0.3, 0.4) is 0 Å². The molecule has 9 heteroatoms. The Balaban J connectivity index is 0.00000338. The van der Waals surface area contributed by atoms with Crippen LogP contribution in [0.1, 0.15) is 25.5 Å². The number of ether oxygens (including phenoxy) is 1. The number of pyridine rings is 1. The second kappa shape index (κ2) is 9.44. The largest absolute Gasteiger partial charge is 0.450 e. The first-order chi connectivity index (χ1) is 11.9. The standard InChI is InChI=1S/C17H23N5O3.H2O/c1-3-25-17(24)22-13-9-12(14(18)16(19)21-13)20-10(2)15(23)11-7-5-4-6-8-11;/h4-10,15,23H,3,18H2,1-2H3,(H4,19,20,21,22,24);1H2/t10?,15-;/m0./s1. The van der Waals surface area contributed by atoms with Crippen LogP contribution in [0.4, 0.5) is 27.8 Å². The minimum atomic E-state index is -0.753. The van der Waals surface area contributed by atoms with Crippen molar-refractivity contribution in [3.63, 3.8) is 0 Å². The molecule has 2 aromatic rings. The molecule has 0 aliphatic carbocycles. The highest BCUT2D eigenvalue weighted by Crippen LogP contribution is 2.29. The summed E-state index contributed by atoms with van der Waals surface area (Å²) in [5.74, 6) is 0.271. The van der Waals surface area contributed by atoms with Crippen molar-refractivity contribution in [1.29, 1.82) is 0 Å². The van der Waals surface area contributed by atoms with Crippen LogP contribution in [-0.4, -0.2) is 34.3 Å². The number of aliphatic hydroxyl groups excluding tert-OH is 1. The maximum Gasteiger partial charge on any atom is 0.412 e. The van der Waals surface area contributed by atoms with Gasteiger partial charge in [0.25, 0.3) is 0 Å². The summed E-state index contributed by atoms with van der Waals surface area (Å²) in [7, 11) is 0. The lowest BCUT2D eigenvalue weighted by Crippen LogP contribution is -2.25. The van der Waals surface area contributed by atoms with E-state index in [2.05, 4.69) is 15.6 Å². The Morgan fingerprint density at radius 3 is 2.58 bits per heavy atom. The molecule has 1 aromatic carbocycles. The number of amides is 1. The molecule has 1 unspecified atom stereocenters. The van der Waals surface area contributed by atoms with E-state index < -0.39 is 12.2 Å². The third-order valence-corrected chi connectivity index (χ3v) is 3.59. The molecular formula is C17H25N5O4. The van der Waals surface area contributed by atoms with Crippen molar-refractivity contribution in [1.82, 2.24) is 4.98 Å². The Hall–Kier alpha value is -3.04. The van der Waals surface area contributed by atoms with Gasteiger partial charge in [0.05, 0.1) is 30.1 Å². The van der Waals surface area contributed by atoms with Gasteiger partial charge in [-0.3, -0.25) is 5.32 Å². The number of nitrogen functional groups attached to an aromatic ring is 2. The van der Waals surface area contributed by atoms with Gasteiger partial charge in [0.2, 0.25) is 0 Å². The predicted molar refractivity (Wildman–Crippen MR) is 102 cm³/mol. The van der Waals surface area contributed by atoms with Crippen molar-refractivity contribution in [3.8, 4) is 0 Å². The van der Waals surface area contributed by atoms with Gasteiger partial charge in [-0.25, -0.2) is 9.78 Å². The molecule has 0 bridgehead atoms. The van der Waals surface area contributed by atoms with Crippen molar-refractivity contribution in [2.45, 2.75) is 26.0 Å². The zero-order chi connectivity index (χ0) is 18.4. The zero-order valence-electron chi connectivity index (χ0n) is 14.7. The third kappa shape index (κ3) is 5.23. The van der Waals surface area contributed by atoms with Crippen molar-refractivity contribution >= 4 is 29.1 Å². The summed E-state index contributed by atoms with van der Waals surface area (Å²) >= 11 is 0. The van der Waals surface area contributed by atoms with Crippen LogP contribution in [0.15, 0.2) is 36.4 Å². The fourth-order valence-corrected chi connectivity index (χ4v) is 2.29. The lowest BCUT2D eigenvalue weighted by molar-refractivity contribution is 0.160. The Morgan fingerprint density at radius 1 is 1.31 bits per heavy atom. The Morgan fingerprint density at radius 2 is 1.96 bits per heavy atom. The van der Waals surface area contributed by atoms with Gasteiger partial charge in [0, 0.05) is 6.07 Å². The van der Waals surface area contributed by atoms with Crippen LogP contribution in [-0.2, 0) is 4.74 Å². The SMILES string of the molecule is CCOC(=O)Nc1cc(NC(C)[C@H](O)c2ccccc2)c(N)c(N)n1.O. The van der Waals surface area contributed by atoms with E-state index in [1.807, 2.05) is 37.3 Å². The number of carbonyl (C=O) groups is 1. The van der Waals surface area contributed by atoms with Crippen LogP contribution >= 0.6 is 0 Å². The van der Waals surface area contributed by atoms with Gasteiger partial charge in [-0.2, -0.15) is 0 Å². The number of nitrogens with two attached hydrogens (primary N) is 2. The lowest BCUT2D eigenvalue weighted by Gasteiger charge is -2.23. The molecule has 9 nitrogen and oxygen atoms in total. The summed E-state index contributed by atoms with van der Waals surface area (Å²) in [4.78, 5) is 15.5. The van der Waals surface area contributed by atoms with E-state index in [0.29, 0.717) is 5.69 Å². The molecule has 0 radical (unpaired) electrons. The quantitative estimate of drug-likeness (QED) is 0.518. The summed E-state index contributed by atoms with van der Waals surface area (Å²) in [5, 5.41) is 16.0. The normalized spacial score (nSPS) is 12.4. The number of carbonyl (C=O) groups excluding carboxylic acids is 1. The molecule has 1 amide bonds. The molecule has 0 saturated carbocycles. The predicted octanol–water partition coefficient (Wildman–Crippen LogP) is 1.52. The average Bonchev–Trinajstić information content (AvgIpc) is 2.59. The first-order valence-corrected chi connectivity index (χ1v) is 7.91. The summed E-state index contributed by atoms with van der Waals surface area (Å²) in [6.45, 7) is 3.75. The van der Waals surface area contributed by atoms with Gasteiger partial charge in [-0.15, -0.1) is 0 Å². The van der Waals surface area contributed by atoms with Crippen molar-refractivity contribution in [3.05, 3.63) is 42.0 Å². The van der Waals surface area contributed by atoms with Crippen LogP contribution < -0.4 is 22.1 Å². The van der Waals surface area contributed by atoms with E-state index in [0.717, 1.165) is 5.56 Å². The van der Waals surface area contributed by atoms with Gasteiger partial charge >= 0.3 is 6.09 Å². The molecular weight excluding hydrogens is 338 g/mol. The summed E-state index contributed by atoms with van der Waals surface area (Å²) < 4.78 is 4.81. The number of anilines is 4. The number of rotatable bonds is 6. The van der Waals surface area contributed by atoms with E-state index in [1.165, 1.54) is 6.07 Å². The van der Waals surface area contributed by atoms with Gasteiger partial charge < -0.3 is 32.1 Å². The molecule has 0 aliphatic rings. The van der Waals surface area contributed by atoms with Crippen molar-refractivity contribution in [2.24, 2.45) is 0 Å². The van der Waals surface area contributed by atoms with E-state index in [1.54, 1.807) is 6.92 Å². The lowest BCUT2D eigenvalue weighted by atomic mass is 10.0. The number of hydrogen-bond donors (Lipinski definition) is 5. The Bertz CT molecular complexity index is 727. The molecule has 26 heavy (non-hydrogen) atoms. The van der Waals surface area contributed by atoms with E-state index >= 15 is 0 Å². The molecule has 1 aromatic heterocycles. The second-order valence-corrected chi connectivity index (χ2v) is 5.49. The van der Waals surface area contributed by atoms with E-state index in [4.69, 9.17) is 16.2 Å². The number of nitrogens with one attached hydrogen (secondary N) is 2. The van der Waals surface area contributed by atoms with E-state index in [-0.39, 0.29) is 35.4 Å². The fraction of sp³-hybridized carbons (Fsp3) is 0.294. The average molecular weight is 363 g/mol. The summed E-state index contributed by atoms with van der Waals surface area (Å²) in [6, 6.07) is 10.4. The molecule has 1 heterocycles. The fourth-order valence-electron chi connectivity index (χ4n) is 2.29. The van der Waals surface area contributed by atoms with Crippen molar-refractivity contribution < 1.29 is 20.1 Å². The number of hydrogen-bond acceptors (Lipinski definition) is 7. The minimum Gasteiger partial charge on any atom is -0.450 e. The third-order valence-electron chi connectivity index (χ3n) is 3.59. The molecule has 0 saturated heterocycles. The van der Waals surface area contributed by atoms with E-state index in [9.17, 15) is 9.90 Å². The highest BCUT2D eigenvalue weighted by atomic mass is 16.5. The summed E-state index contributed by atoms with van der Waals surface area (Å²) in [6.07, 6.45) is -1.39. The minimum absolute atomic E-state index is 0. The molecule has 142 valence electrons. The number of aromatic nitrogens is 1. The summed E-state index contributed by atoms with van der Waals surface area (Å²) in [5.41, 5.74) is 13.2. The maximum atomic E-state index is 11.5. The van der Waals surface area contributed by atoms with Gasteiger partial charge in [-0.1, -0.05) is 30.3 Å². The van der Waals surface area contributed by atoms with Gasteiger partial charge in [0.15, 0.2) is 5.82 Å². The molecule has 0 spiro atoms. The van der Waals surface area contributed by atoms with Crippen LogP contribution in [0, 0.1) is 0 Å². The molecule has 9 N–H and O–H groups in total. The Labute approximate surface area is 151 Å². The van der Waals surface area contributed by atoms with Crippen LogP contribution in [0.25, 0.3) is 0 Å². The molecule has 2 rings (SSSR count). The second-order valence-electron chi connectivity index (χ2n) is 5.49. The first kappa shape index (κ1) is 21.0. The van der Waals surface area contributed by atoms with Crippen molar-refractivity contribution in [2.75, 3.05) is 28.7 Å².